The third kappa shape index (κ3) is 2.66. The molecule has 0 aliphatic carbocycles. The van der Waals surface area contributed by atoms with Crippen LogP contribution < -0.4 is 0 Å². The third-order valence-corrected chi connectivity index (χ3v) is 4.09. The minimum atomic E-state index is -3.59. The van der Waals surface area contributed by atoms with Gasteiger partial charge in [-0.2, -0.15) is 4.31 Å². The minimum absolute atomic E-state index is 0.0760. The second kappa shape index (κ2) is 4.15. The van der Waals surface area contributed by atoms with E-state index in [9.17, 15) is 18.0 Å². The van der Waals surface area contributed by atoms with E-state index < -0.39 is 34.4 Å². The van der Waals surface area contributed by atoms with Gasteiger partial charge in [0.1, 0.15) is 6.04 Å². The second-order valence-corrected chi connectivity index (χ2v) is 5.27. The highest BCUT2D eigenvalue weighted by Crippen LogP contribution is 2.19. The molecule has 0 radical (unpaired) electrons. The predicted molar refractivity (Wildman–Crippen MR) is 48.8 cm³/mol. The SMILES string of the molecule is O=C(O)CC(C(=O)O)N1CCCS1(=O)=O. The Morgan fingerprint density at radius 3 is 2.27 bits per heavy atom. The number of carboxylic acid groups (broad SMARTS) is 2. The number of hydrogen-bond donors (Lipinski definition) is 2. The molecule has 0 saturated carbocycles. The van der Waals surface area contributed by atoms with Crippen LogP contribution in [0.25, 0.3) is 0 Å². The smallest absolute Gasteiger partial charge is 0.322 e. The average Bonchev–Trinajstić information content (AvgIpc) is 2.40. The first-order valence-corrected chi connectivity index (χ1v) is 5.89. The van der Waals surface area contributed by atoms with E-state index in [1.54, 1.807) is 0 Å². The number of aliphatic carboxylic acids is 2. The molecule has 1 heterocycles. The Hall–Kier alpha value is -1.15. The summed E-state index contributed by atoms with van der Waals surface area (Å²) < 4.78 is 23.5. The van der Waals surface area contributed by atoms with Crippen LogP contribution in [0.1, 0.15) is 12.8 Å². The molecule has 1 rings (SSSR count). The maximum atomic E-state index is 11.4. The van der Waals surface area contributed by atoms with Crippen LogP contribution in [0, 0.1) is 0 Å². The summed E-state index contributed by atoms with van der Waals surface area (Å²) in [6.07, 6.45) is -0.375. The highest BCUT2D eigenvalue weighted by molar-refractivity contribution is 7.89. The minimum Gasteiger partial charge on any atom is -0.481 e. The van der Waals surface area contributed by atoms with Crippen LogP contribution >= 0.6 is 0 Å². The number of sulfonamides is 1. The summed E-state index contributed by atoms with van der Waals surface area (Å²) in [4.78, 5) is 21.1. The van der Waals surface area contributed by atoms with E-state index >= 15 is 0 Å². The monoisotopic (exact) mass is 237 g/mol. The number of rotatable bonds is 4. The molecular weight excluding hydrogens is 226 g/mol. The fraction of sp³-hybridized carbons (Fsp3) is 0.714. The van der Waals surface area contributed by atoms with Gasteiger partial charge in [0.15, 0.2) is 0 Å². The lowest BCUT2D eigenvalue weighted by Gasteiger charge is -2.20. The summed E-state index contributed by atoms with van der Waals surface area (Å²) in [5.74, 6) is -2.87. The molecule has 1 saturated heterocycles. The molecule has 1 unspecified atom stereocenters. The van der Waals surface area contributed by atoms with E-state index in [0.717, 1.165) is 4.31 Å². The first kappa shape index (κ1) is 11.9. The maximum absolute atomic E-state index is 11.4. The Kier molecular flexibility index (Phi) is 3.30. The normalized spacial score (nSPS) is 22.4. The van der Waals surface area contributed by atoms with Crippen molar-refractivity contribution in [3.8, 4) is 0 Å². The molecule has 0 amide bonds. The van der Waals surface area contributed by atoms with Gasteiger partial charge in [-0.1, -0.05) is 0 Å². The van der Waals surface area contributed by atoms with Crippen LogP contribution in [0.4, 0.5) is 0 Å². The largest absolute Gasteiger partial charge is 0.481 e. The zero-order chi connectivity index (χ0) is 11.6. The first-order valence-electron chi connectivity index (χ1n) is 4.28. The van der Waals surface area contributed by atoms with E-state index in [0.29, 0.717) is 6.42 Å². The predicted octanol–water partition coefficient (Wildman–Crippen LogP) is -1.05. The summed E-state index contributed by atoms with van der Waals surface area (Å²) in [7, 11) is -3.59. The van der Waals surface area contributed by atoms with Gasteiger partial charge in [-0.3, -0.25) is 9.59 Å². The first-order chi connectivity index (χ1) is 6.84. The van der Waals surface area contributed by atoms with Gasteiger partial charge < -0.3 is 10.2 Å². The topological polar surface area (TPSA) is 112 Å². The number of carbonyl (C=O) groups is 2. The van der Waals surface area contributed by atoms with Crippen LogP contribution in [-0.2, 0) is 19.6 Å². The quantitative estimate of drug-likeness (QED) is 0.645. The van der Waals surface area contributed by atoms with Crippen LogP contribution in [-0.4, -0.2) is 53.2 Å². The van der Waals surface area contributed by atoms with Crippen molar-refractivity contribution in [2.45, 2.75) is 18.9 Å². The van der Waals surface area contributed by atoms with Gasteiger partial charge in [-0.05, 0) is 6.42 Å². The fourth-order valence-corrected chi connectivity index (χ4v) is 3.17. The van der Waals surface area contributed by atoms with Crippen LogP contribution in [0.15, 0.2) is 0 Å². The van der Waals surface area contributed by atoms with Crippen molar-refractivity contribution in [2.75, 3.05) is 12.3 Å². The van der Waals surface area contributed by atoms with E-state index in [2.05, 4.69) is 0 Å². The highest BCUT2D eigenvalue weighted by Gasteiger charge is 2.39. The molecule has 0 aromatic heterocycles. The van der Waals surface area contributed by atoms with Gasteiger partial charge in [0.25, 0.3) is 0 Å². The van der Waals surface area contributed by atoms with E-state index in [-0.39, 0.29) is 12.3 Å². The average molecular weight is 237 g/mol. The van der Waals surface area contributed by atoms with E-state index in [4.69, 9.17) is 10.2 Å². The molecule has 0 bridgehead atoms. The van der Waals surface area contributed by atoms with Gasteiger partial charge >= 0.3 is 11.9 Å². The molecule has 86 valence electrons. The van der Waals surface area contributed by atoms with Crippen LogP contribution in [0.2, 0.25) is 0 Å². The zero-order valence-corrected chi connectivity index (χ0v) is 8.61. The second-order valence-electron chi connectivity index (χ2n) is 3.23. The zero-order valence-electron chi connectivity index (χ0n) is 7.79. The standard InChI is InChI=1S/C7H11NO6S/c9-6(10)4-5(7(11)12)8-2-1-3-15(8,13)14/h5H,1-4H2,(H,9,10)(H,11,12). The van der Waals surface area contributed by atoms with E-state index in [1.807, 2.05) is 0 Å². The molecule has 1 fully saturated rings. The molecule has 8 heteroatoms. The van der Waals surface area contributed by atoms with Crippen molar-refractivity contribution < 1.29 is 28.2 Å². The van der Waals surface area contributed by atoms with Crippen LogP contribution in [0.3, 0.4) is 0 Å². The lowest BCUT2D eigenvalue weighted by Crippen LogP contribution is -2.43. The van der Waals surface area contributed by atoms with Crippen molar-refractivity contribution in [1.29, 1.82) is 0 Å². The summed E-state index contributed by atoms with van der Waals surface area (Å²) >= 11 is 0. The van der Waals surface area contributed by atoms with Crippen molar-refractivity contribution in [3.63, 3.8) is 0 Å². The summed E-state index contributed by atoms with van der Waals surface area (Å²) in [6, 6.07) is -1.49. The molecular formula is C7H11NO6S. The Morgan fingerprint density at radius 2 is 1.93 bits per heavy atom. The number of nitrogens with zero attached hydrogens (tertiary/aromatic N) is 1. The van der Waals surface area contributed by atoms with Crippen LogP contribution in [0.5, 0.6) is 0 Å². The molecule has 0 aromatic carbocycles. The number of hydrogen-bond acceptors (Lipinski definition) is 4. The summed E-state index contributed by atoms with van der Waals surface area (Å²) in [6.45, 7) is 0.0760. The van der Waals surface area contributed by atoms with Crippen molar-refractivity contribution >= 4 is 22.0 Å². The molecule has 0 aromatic rings. The highest BCUT2D eigenvalue weighted by atomic mass is 32.2. The van der Waals surface area contributed by atoms with Crippen molar-refractivity contribution in [2.24, 2.45) is 0 Å². The van der Waals surface area contributed by atoms with Gasteiger partial charge in [0.05, 0.1) is 12.2 Å². The number of carboxylic acids is 2. The Bertz CT molecular complexity index is 375. The molecule has 7 nitrogen and oxygen atoms in total. The third-order valence-electron chi connectivity index (χ3n) is 2.14. The van der Waals surface area contributed by atoms with E-state index in [1.165, 1.54) is 0 Å². The Balaban J connectivity index is 2.90. The molecule has 1 atom stereocenters. The molecule has 0 spiro atoms. The summed E-state index contributed by atoms with van der Waals surface area (Å²) in [5, 5.41) is 17.2. The molecule has 15 heavy (non-hydrogen) atoms. The van der Waals surface area contributed by atoms with Gasteiger partial charge in [-0.15, -0.1) is 0 Å². The fourth-order valence-electron chi connectivity index (χ4n) is 1.49. The van der Waals surface area contributed by atoms with Gasteiger partial charge in [0, 0.05) is 6.54 Å². The van der Waals surface area contributed by atoms with Gasteiger partial charge in [-0.25, -0.2) is 8.42 Å². The lowest BCUT2D eigenvalue weighted by molar-refractivity contribution is -0.147. The summed E-state index contributed by atoms with van der Waals surface area (Å²) in [5.41, 5.74) is 0. The Labute approximate surface area is 86.4 Å². The lowest BCUT2D eigenvalue weighted by atomic mass is 10.2. The molecule has 2 N–H and O–H groups in total. The molecule has 1 aliphatic rings. The van der Waals surface area contributed by atoms with Crippen molar-refractivity contribution in [3.05, 3.63) is 0 Å². The Morgan fingerprint density at radius 1 is 1.33 bits per heavy atom. The molecule has 1 aliphatic heterocycles. The van der Waals surface area contributed by atoms with Gasteiger partial charge in [0.2, 0.25) is 10.0 Å². The maximum Gasteiger partial charge on any atom is 0.322 e. The van der Waals surface area contributed by atoms with Crippen molar-refractivity contribution in [1.82, 2.24) is 4.31 Å².